The standard InChI is InChI=1S/C66H62N2/c1-5-8-10-12-25-48-35-36-50(64-49(26-13-11-9-6-2)34-33-45(4)63(48)64)37-38-52-44-61(67-57-31-20-18-29-55(57)65-53-27-16-14-23-46(53)39-41-59(65)67)51(22-7-3)43-62(52)68-58-32-21-19-30-56(58)66-54-28-17-15-24-47(54)40-42-60(66)68/h7,14-24,27-44H,5-6,8-13,25-26H2,1-4H3/b22-7+,38-37+. The third kappa shape index (κ3) is 7.61. The molecule has 0 aliphatic carbocycles. The lowest BCUT2D eigenvalue weighted by Gasteiger charge is -2.19. The van der Waals surface area contributed by atoms with Crippen LogP contribution in [0.5, 0.6) is 0 Å². The van der Waals surface area contributed by atoms with Gasteiger partial charge in [0.05, 0.1) is 33.4 Å². The zero-order valence-electron chi connectivity index (χ0n) is 40.3. The van der Waals surface area contributed by atoms with E-state index in [0.29, 0.717) is 0 Å². The maximum absolute atomic E-state index is 2.54. The van der Waals surface area contributed by atoms with E-state index in [4.69, 9.17) is 0 Å². The number of aryl methyl sites for hydroxylation is 3. The molecule has 0 aliphatic heterocycles. The molecule has 0 unspecified atom stereocenters. The van der Waals surface area contributed by atoms with E-state index in [-0.39, 0.29) is 0 Å². The molecule has 0 amide bonds. The molecule has 0 radical (unpaired) electrons. The lowest BCUT2D eigenvalue weighted by Crippen LogP contribution is -2.03. The van der Waals surface area contributed by atoms with E-state index in [1.165, 1.54) is 172 Å². The number of rotatable bonds is 15. The van der Waals surface area contributed by atoms with Gasteiger partial charge in [0, 0.05) is 32.7 Å². The summed E-state index contributed by atoms with van der Waals surface area (Å²) in [5, 5.41) is 13.1. The summed E-state index contributed by atoms with van der Waals surface area (Å²) >= 11 is 0. The smallest absolute Gasteiger partial charge is 0.0547 e. The van der Waals surface area contributed by atoms with Gasteiger partial charge >= 0.3 is 0 Å². The van der Waals surface area contributed by atoms with Crippen molar-refractivity contribution in [2.45, 2.75) is 91.9 Å². The highest BCUT2D eigenvalue weighted by Gasteiger charge is 2.22. The highest BCUT2D eigenvalue weighted by Crippen LogP contribution is 2.42. The number of benzene rings is 9. The van der Waals surface area contributed by atoms with E-state index in [0.717, 1.165) is 12.8 Å². The monoisotopic (exact) mass is 882 g/mol. The van der Waals surface area contributed by atoms with Crippen LogP contribution in [0.2, 0.25) is 0 Å². The van der Waals surface area contributed by atoms with Crippen molar-refractivity contribution in [2.24, 2.45) is 0 Å². The molecule has 0 bridgehead atoms. The van der Waals surface area contributed by atoms with Crippen molar-refractivity contribution in [1.29, 1.82) is 0 Å². The lowest BCUT2D eigenvalue weighted by atomic mass is 9.88. The molecule has 11 rings (SSSR count). The quantitative estimate of drug-likeness (QED) is 0.0717. The van der Waals surface area contributed by atoms with Crippen LogP contribution >= 0.6 is 0 Å². The van der Waals surface area contributed by atoms with E-state index in [2.05, 4.69) is 219 Å². The first-order valence-corrected chi connectivity index (χ1v) is 25.4. The minimum absolute atomic E-state index is 1.10. The zero-order valence-corrected chi connectivity index (χ0v) is 40.3. The second-order valence-electron chi connectivity index (χ2n) is 19.1. The average Bonchev–Trinajstić information content (AvgIpc) is 3.90. The molecule has 0 N–H and O–H groups in total. The van der Waals surface area contributed by atoms with Crippen LogP contribution in [0.3, 0.4) is 0 Å². The topological polar surface area (TPSA) is 9.86 Å². The molecule has 2 aromatic heterocycles. The average molecular weight is 883 g/mol. The Bertz CT molecular complexity index is 3740. The summed E-state index contributed by atoms with van der Waals surface area (Å²) in [6, 6.07) is 59.6. The second kappa shape index (κ2) is 18.8. The van der Waals surface area contributed by atoms with E-state index >= 15 is 0 Å². The summed E-state index contributed by atoms with van der Waals surface area (Å²) in [5.74, 6) is 0. The van der Waals surface area contributed by atoms with Gasteiger partial charge in [-0.1, -0.05) is 198 Å². The Kier molecular flexibility index (Phi) is 12.0. The number of allylic oxidation sites excluding steroid dienone is 1. The Hall–Kier alpha value is -7.16. The maximum atomic E-state index is 2.54. The molecule has 0 aliphatic rings. The van der Waals surface area contributed by atoms with Crippen LogP contribution in [0.4, 0.5) is 0 Å². The summed E-state index contributed by atoms with van der Waals surface area (Å²) in [6.07, 6.45) is 21.7. The largest absolute Gasteiger partial charge is 0.309 e. The van der Waals surface area contributed by atoms with Crippen LogP contribution < -0.4 is 0 Å². The highest BCUT2D eigenvalue weighted by atomic mass is 15.0. The Morgan fingerprint density at radius 1 is 0.382 bits per heavy atom. The van der Waals surface area contributed by atoms with Gasteiger partial charge in [0.25, 0.3) is 0 Å². The summed E-state index contributed by atoms with van der Waals surface area (Å²) < 4.78 is 5.06. The molecular formula is C66H62N2. The molecular weight excluding hydrogens is 821 g/mol. The van der Waals surface area contributed by atoms with Crippen molar-refractivity contribution >= 4 is 94.2 Å². The minimum Gasteiger partial charge on any atom is -0.309 e. The van der Waals surface area contributed by atoms with E-state index in [1.54, 1.807) is 0 Å². The first-order chi connectivity index (χ1) is 33.6. The fraction of sp³-hybridized carbons (Fsp3) is 0.212. The third-order valence-corrected chi connectivity index (χ3v) is 14.7. The molecule has 0 saturated carbocycles. The van der Waals surface area contributed by atoms with Gasteiger partial charge in [-0.15, -0.1) is 0 Å². The van der Waals surface area contributed by atoms with Gasteiger partial charge in [-0.05, 0) is 131 Å². The molecule has 336 valence electrons. The summed E-state index contributed by atoms with van der Waals surface area (Å²) in [5.41, 5.74) is 15.2. The van der Waals surface area contributed by atoms with E-state index in [1.807, 2.05) is 0 Å². The molecule has 0 fully saturated rings. The molecule has 68 heavy (non-hydrogen) atoms. The fourth-order valence-corrected chi connectivity index (χ4v) is 11.5. The molecule has 2 heteroatoms. The molecule has 9 aromatic carbocycles. The Labute approximate surface area is 401 Å². The molecule has 0 atom stereocenters. The Balaban J connectivity index is 1.20. The fourth-order valence-electron chi connectivity index (χ4n) is 11.5. The van der Waals surface area contributed by atoms with Gasteiger partial charge in [-0.2, -0.15) is 0 Å². The highest BCUT2D eigenvalue weighted by molar-refractivity contribution is 6.23. The van der Waals surface area contributed by atoms with Crippen molar-refractivity contribution in [3.05, 3.63) is 197 Å². The van der Waals surface area contributed by atoms with Crippen molar-refractivity contribution < 1.29 is 0 Å². The molecule has 2 nitrogen and oxygen atoms in total. The van der Waals surface area contributed by atoms with Crippen LogP contribution in [0.1, 0.15) is 106 Å². The van der Waals surface area contributed by atoms with Gasteiger partial charge in [0.1, 0.15) is 0 Å². The predicted octanol–water partition coefficient (Wildman–Crippen LogP) is 19.1. The minimum atomic E-state index is 1.10. The van der Waals surface area contributed by atoms with Gasteiger partial charge < -0.3 is 9.13 Å². The normalized spacial score (nSPS) is 12.3. The van der Waals surface area contributed by atoms with E-state index < -0.39 is 0 Å². The predicted molar refractivity (Wildman–Crippen MR) is 298 cm³/mol. The van der Waals surface area contributed by atoms with Gasteiger partial charge in [-0.3, -0.25) is 0 Å². The van der Waals surface area contributed by atoms with Crippen LogP contribution in [0, 0.1) is 6.92 Å². The van der Waals surface area contributed by atoms with Crippen molar-refractivity contribution in [3.8, 4) is 11.4 Å². The van der Waals surface area contributed by atoms with Crippen LogP contribution in [-0.2, 0) is 12.8 Å². The Morgan fingerprint density at radius 2 is 0.853 bits per heavy atom. The SMILES string of the molecule is C/C=C/c1cc(-n2c3ccccc3c3c4ccccc4ccc32)c(/C=C/c2ccc(CCCCCC)c3c(C)ccc(CCCCCC)c23)cc1-n1c2ccccc2c2c3ccccc3ccc21. The van der Waals surface area contributed by atoms with Crippen molar-refractivity contribution in [1.82, 2.24) is 9.13 Å². The second-order valence-corrected chi connectivity index (χ2v) is 19.1. The molecule has 2 heterocycles. The Morgan fingerprint density at radius 3 is 1.40 bits per heavy atom. The van der Waals surface area contributed by atoms with Crippen LogP contribution in [-0.4, -0.2) is 9.13 Å². The number of fused-ring (bicyclic) bond motifs is 11. The number of unbranched alkanes of at least 4 members (excludes halogenated alkanes) is 6. The lowest BCUT2D eigenvalue weighted by molar-refractivity contribution is 0.667. The maximum Gasteiger partial charge on any atom is 0.0547 e. The summed E-state index contributed by atoms with van der Waals surface area (Å²) in [7, 11) is 0. The molecule has 11 aromatic rings. The summed E-state index contributed by atoms with van der Waals surface area (Å²) in [6.45, 7) is 9.09. The van der Waals surface area contributed by atoms with Crippen molar-refractivity contribution in [2.75, 3.05) is 0 Å². The van der Waals surface area contributed by atoms with Gasteiger partial charge in [0.15, 0.2) is 0 Å². The van der Waals surface area contributed by atoms with Crippen LogP contribution in [0.15, 0.2) is 164 Å². The zero-order chi connectivity index (χ0) is 46.1. The van der Waals surface area contributed by atoms with Crippen LogP contribution in [0.25, 0.3) is 106 Å². The number of hydrogen-bond donors (Lipinski definition) is 0. The number of hydrogen-bond acceptors (Lipinski definition) is 0. The number of nitrogens with zero attached hydrogens (tertiary/aromatic N) is 2. The first kappa shape index (κ1) is 43.4. The summed E-state index contributed by atoms with van der Waals surface area (Å²) in [4.78, 5) is 0. The van der Waals surface area contributed by atoms with E-state index in [9.17, 15) is 0 Å². The molecule has 0 saturated heterocycles. The number of para-hydroxylation sites is 2. The third-order valence-electron chi connectivity index (χ3n) is 14.7. The van der Waals surface area contributed by atoms with Gasteiger partial charge in [0.2, 0.25) is 0 Å². The number of aromatic nitrogens is 2. The first-order valence-electron chi connectivity index (χ1n) is 25.4. The van der Waals surface area contributed by atoms with Crippen molar-refractivity contribution in [3.63, 3.8) is 0 Å². The van der Waals surface area contributed by atoms with Gasteiger partial charge in [-0.25, -0.2) is 0 Å². The molecule has 0 spiro atoms.